The normalized spacial score (nSPS) is 9.68. The number of nitrogens with zero attached hydrogens (tertiary/aromatic N) is 1. The van der Waals surface area contributed by atoms with Crippen molar-refractivity contribution in [2.75, 3.05) is 13.1 Å². The average molecular weight is 288 g/mol. The van der Waals surface area contributed by atoms with Crippen LogP contribution in [-0.2, 0) is 9.63 Å². The third-order valence-corrected chi connectivity index (χ3v) is 2.28. The lowest BCUT2D eigenvalue weighted by molar-refractivity contribution is -0.131. The molecule has 1 aromatic carbocycles. The summed E-state index contributed by atoms with van der Waals surface area (Å²) < 4.78 is 4.96. The second-order valence-electron chi connectivity index (χ2n) is 3.58. The van der Waals surface area contributed by atoms with Gasteiger partial charge >= 0.3 is 11.9 Å². The van der Waals surface area contributed by atoms with Gasteiger partial charge in [-0.2, -0.15) is 0 Å². The summed E-state index contributed by atoms with van der Waals surface area (Å²) in [6.07, 6.45) is 0. The van der Waals surface area contributed by atoms with Gasteiger partial charge in [-0.3, -0.25) is 4.79 Å². The zero-order valence-corrected chi connectivity index (χ0v) is 12.0. The predicted octanol–water partition coefficient (Wildman–Crippen LogP) is 2.45. The summed E-state index contributed by atoms with van der Waals surface area (Å²) in [6.45, 7) is 6.24. The standard InChI is InChI=1S/C13H17NO4.ClH/c1-4-14(5-2)18-13(16)11-8-6-7-9-12(11)17-10(3)15;/h6-9H,4-5H2,1-3H3;1H. The molecule has 0 spiro atoms. The number of hydroxylamine groups is 2. The van der Waals surface area contributed by atoms with Crippen LogP contribution in [0.5, 0.6) is 5.75 Å². The topological polar surface area (TPSA) is 55.8 Å². The Labute approximate surface area is 118 Å². The number of benzene rings is 1. The fraction of sp³-hybridized carbons (Fsp3) is 0.385. The zero-order chi connectivity index (χ0) is 13.5. The van der Waals surface area contributed by atoms with Gasteiger partial charge in [0.05, 0.1) is 0 Å². The number of halogens is 1. The van der Waals surface area contributed by atoms with Gasteiger partial charge in [0.1, 0.15) is 11.3 Å². The number of ether oxygens (including phenoxy) is 1. The minimum absolute atomic E-state index is 0. The Balaban J connectivity index is 0.00000324. The average Bonchev–Trinajstić information content (AvgIpc) is 2.35. The minimum Gasteiger partial charge on any atom is -0.426 e. The Kier molecular flexibility index (Phi) is 7.79. The Morgan fingerprint density at radius 1 is 1.16 bits per heavy atom. The highest BCUT2D eigenvalue weighted by Gasteiger charge is 2.17. The van der Waals surface area contributed by atoms with E-state index in [0.29, 0.717) is 13.1 Å². The molecule has 0 aromatic heterocycles. The van der Waals surface area contributed by atoms with Gasteiger partial charge in [-0.1, -0.05) is 12.1 Å². The van der Waals surface area contributed by atoms with E-state index in [1.54, 1.807) is 24.3 Å². The van der Waals surface area contributed by atoms with E-state index in [4.69, 9.17) is 9.57 Å². The monoisotopic (exact) mass is 287 g/mol. The fourth-order valence-electron chi connectivity index (χ4n) is 1.40. The van der Waals surface area contributed by atoms with Gasteiger partial charge in [-0.05, 0) is 26.0 Å². The minimum atomic E-state index is -0.532. The summed E-state index contributed by atoms with van der Waals surface area (Å²) in [5, 5.41) is 1.52. The van der Waals surface area contributed by atoms with Crippen molar-refractivity contribution in [1.82, 2.24) is 5.06 Å². The maximum Gasteiger partial charge on any atom is 0.360 e. The molecule has 0 amide bonds. The summed E-state index contributed by atoms with van der Waals surface area (Å²) in [6, 6.07) is 6.49. The lowest BCUT2D eigenvalue weighted by Crippen LogP contribution is -2.27. The Bertz CT molecular complexity index is 432. The van der Waals surface area contributed by atoms with Gasteiger partial charge in [0.2, 0.25) is 0 Å². The molecule has 0 aliphatic carbocycles. The van der Waals surface area contributed by atoms with E-state index >= 15 is 0 Å². The van der Waals surface area contributed by atoms with Crippen LogP contribution in [0.3, 0.4) is 0 Å². The zero-order valence-electron chi connectivity index (χ0n) is 11.2. The molecule has 6 heteroatoms. The van der Waals surface area contributed by atoms with Crippen LogP contribution in [0.25, 0.3) is 0 Å². The second kappa shape index (κ2) is 8.50. The molecule has 0 unspecified atom stereocenters. The number of rotatable bonds is 5. The van der Waals surface area contributed by atoms with E-state index in [-0.39, 0.29) is 23.7 Å². The van der Waals surface area contributed by atoms with Crippen LogP contribution >= 0.6 is 12.4 Å². The molecule has 106 valence electrons. The highest BCUT2D eigenvalue weighted by atomic mass is 35.5. The summed E-state index contributed by atoms with van der Waals surface area (Å²) in [7, 11) is 0. The Morgan fingerprint density at radius 3 is 2.26 bits per heavy atom. The highest BCUT2D eigenvalue weighted by Crippen LogP contribution is 2.19. The molecule has 19 heavy (non-hydrogen) atoms. The number of carbonyl (C=O) groups is 2. The van der Waals surface area contributed by atoms with E-state index in [9.17, 15) is 9.59 Å². The first-order chi connectivity index (χ1) is 8.58. The predicted molar refractivity (Wildman–Crippen MR) is 73.3 cm³/mol. The van der Waals surface area contributed by atoms with Gasteiger partial charge in [-0.15, -0.1) is 17.5 Å². The van der Waals surface area contributed by atoms with Crippen molar-refractivity contribution in [3.63, 3.8) is 0 Å². The SMILES string of the molecule is CCN(CC)OC(=O)c1ccccc1OC(C)=O.Cl. The number of esters is 1. The molecule has 0 radical (unpaired) electrons. The number of hydrogen-bond donors (Lipinski definition) is 0. The molecule has 0 bridgehead atoms. The van der Waals surface area contributed by atoms with Crippen molar-refractivity contribution < 1.29 is 19.2 Å². The van der Waals surface area contributed by atoms with Crippen LogP contribution in [0.2, 0.25) is 0 Å². The summed E-state index contributed by atoms with van der Waals surface area (Å²) in [5.74, 6) is -0.796. The van der Waals surface area contributed by atoms with E-state index in [1.165, 1.54) is 12.0 Å². The Morgan fingerprint density at radius 2 is 1.74 bits per heavy atom. The first kappa shape index (κ1) is 17.4. The molecule has 0 fully saturated rings. The lowest BCUT2D eigenvalue weighted by atomic mass is 10.2. The summed E-state index contributed by atoms with van der Waals surface area (Å²) >= 11 is 0. The third kappa shape index (κ3) is 5.28. The molecular weight excluding hydrogens is 270 g/mol. The van der Waals surface area contributed by atoms with E-state index < -0.39 is 11.9 Å². The van der Waals surface area contributed by atoms with Crippen molar-refractivity contribution >= 4 is 24.3 Å². The molecule has 1 rings (SSSR count). The van der Waals surface area contributed by atoms with Gasteiger partial charge in [0.15, 0.2) is 0 Å². The first-order valence-corrected chi connectivity index (χ1v) is 5.83. The van der Waals surface area contributed by atoms with Gasteiger partial charge in [0, 0.05) is 20.0 Å². The molecule has 0 atom stereocenters. The first-order valence-electron chi connectivity index (χ1n) is 5.83. The molecule has 0 heterocycles. The van der Waals surface area contributed by atoms with Crippen LogP contribution in [0.4, 0.5) is 0 Å². The number of carbonyl (C=O) groups excluding carboxylic acids is 2. The van der Waals surface area contributed by atoms with E-state index in [2.05, 4.69) is 0 Å². The second-order valence-corrected chi connectivity index (χ2v) is 3.58. The van der Waals surface area contributed by atoms with Crippen molar-refractivity contribution in [2.24, 2.45) is 0 Å². The maximum absolute atomic E-state index is 11.9. The van der Waals surface area contributed by atoms with Crippen molar-refractivity contribution in [3.8, 4) is 5.75 Å². The van der Waals surface area contributed by atoms with Crippen molar-refractivity contribution in [3.05, 3.63) is 29.8 Å². The van der Waals surface area contributed by atoms with E-state index in [1.807, 2.05) is 13.8 Å². The van der Waals surface area contributed by atoms with Crippen LogP contribution in [0, 0.1) is 0 Å². The number of hydrogen-bond acceptors (Lipinski definition) is 5. The fourth-order valence-corrected chi connectivity index (χ4v) is 1.40. The molecule has 5 nitrogen and oxygen atoms in total. The van der Waals surface area contributed by atoms with Gasteiger partial charge < -0.3 is 9.57 Å². The largest absolute Gasteiger partial charge is 0.426 e. The molecular formula is C13H18ClNO4. The quantitative estimate of drug-likeness (QED) is 0.473. The molecule has 0 aliphatic rings. The lowest BCUT2D eigenvalue weighted by Gasteiger charge is -2.17. The maximum atomic E-state index is 11.9. The molecule has 0 saturated heterocycles. The summed E-state index contributed by atoms with van der Waals surface area (Å²) in [4.78, 5) is 28.0. The third-order valence-electron chi connectivity index (χ3n) is 2.28. The molecule has 0 aliphatic heterocycles. The highest BCUT2D eigenvalue weighted by molar-refractivity contribution is 5.93. The number of para-hydroxylation sites is 1. The van der Waals surface area contributed by atoms with Crippen molar-refractivity contribution in [2.45, 2.75) is 20.8 Å². The van der Waals surface area contributed by atoms with E-state index in [0.717, 1.165) is 0 Å². The molecule has 0 N–H and O–H groups in total. The molecule has 0 saturated carbocycles. The van der Waals surface area contributed by atoms with Crippen LogP contribution in [-0.4, -0.2) is 30.1 Å². The smallest absolute Gasteiger partial charge is 0.360 e. The van der Waals surface area contributed by atoms with Crippen LogP contribution in [0.1, 0.15) is 31.1 Å². The summed E-state index contributed by atoms with van der Waals surface area (Å²) in [5.41, 5.74) is 0.236. The van der Waals surface area contributed by atoms with Crippen LogP contribution in [0.15, 0.2) is 24.3 Å². The Hall–Kier alpha value is -1.59. The molecule has 1 aromatic rings. The van der Waals surface area contributed by atoms with Gasteiger partial charge in [-0.25, -0.2) is 4.79 Å². The van der Waals surface area contributed by atoms with Crippen molar-refractivity contribution in [1.29, 1.82) is 0 Å². The van der Waals surface area contributed by atoms with Crippen LogP contribution < -0.4 is 4.74 Å². The van der Waals surface area contributed by atoms with Gasteiger partial charge in [0.25, 0.3) is 0 Å².